The topological polar surface area (TPSA) is 62.1 Å². The van der Waals surface area contributed by atoms with Gasteiger partial charge in [-0.05, 0) is 71.7 Å². The van der Waals surface area contributed by atoms with Crippen LogP contribution in [0.3, 0.4) is 0 Å². The molecule has 0 aliphatic rings. The lowest BCUT2D eigenvalue weighted by Crippen LogP contribution is -2.35. The molecular formula is C18H16BrFN2O2. The highest BCUT2D eigenvalue weighted by atomic mass is 79.9. The molecule has 0 bridgehead atoms. The number of hydrogen-bond acceptors (Lipinski definition) is 3. The fourth-order valence-corrected chi connectivity index (χ4v) is 2.72. The molecule has 2 rings (SSSR count). The van der Waals surface area contributed by atoms with Crippen LogP contribution in [0.25, 0.3) is 0 Å². The highest BCUT2D eigenvalue weighted by molar-refractivity contribution is 9.10. The van der Waals surface area contributed by atoms with E-state index < -0.39 is 11.2 Å². The van der Waals surface area contributed by atoms with E-state index in [9.17, 15) is 9.18 Å². The maximum Gasteiger partial charge on any atom is 0.234 e. The Bertz CT molecular complexity index is 828. The first kappa shape index (κ1) is 18.0. The van der Waals surface area contributed by atoms with E-state index in [1.54, 1.807) is 39.2 Å². The maximum atomic E-state index is 13.7. The number of anilines is 1. The number of hydrogen-bond donors (Lipinski definition) is 1. The number of amides is 1. The smallest absolute Gasteiger partial charge is 0.234 e. The van der Waals surface area contributed by atoms with E-state index in [2.05, 4.69) is 21.2 Å². The molecule has 0 heterocycles. The van der Waals surface area contributed by atoms with Crippen LogP contribution in [0.5, 0.6) is 5.75 Å². The number of nitrogens with zero attached hydrogens (tertiary/aromatic N) is 1. The largest absolute Gasteiger partial charge is 0.496 e. The summed E-state index contributed by atoms with van der Waals surface area (Å²) in [6, 6.07) is 11.0. The number of methoxy groups -OCH3 is 1. The average molecular weight is 391 g/mol. The van der Waals surface area contributed by atoms with Crippen molar-refractivity contribution in [3.05, 3.63) is 57.8 Å². The molecule has 0 unspecified atom stereocenters. The standard InChI is InChI=1S/C18H16BrFN2O2/c1-18(2,12-6-11(10-21)7-13(20)8-12)17(23)22-14-4-5-16(24-3)15(19)9-14/h4-9H,1-3H3,(H,22,23). The van der Waals surface area contributed by atoms with Crippen molar-refractivity contribution in [1.29, 1.82) is 5.26 Å². The Kier molecular flexibility index (Phi) is 5.25. The van der Waals surface area contributed by atoms with Crippen LogP contribution in [0.15, 0.2) is 40.9 Å². The summed E-state index contributed by atoms with van der Waals surface area (Å²) >= 11 is 3.36. The average Bonchev–Trinajstić information content (AvgIpc) is 2.54. The number of ether oxygens (including phenoxy) is 1. The summed E-state index contributed by atoms with van der Waals surface area (Å²) in [7, 11) is 1.55. The molecule has 1 amide bonds. The van der Waals surface area contributed by atoms with Crippen molar-refractivity contribution >= 4 is 27.5 Å². The molecular weight excluding hydrogens is 375 g/mol. The zero-order valence-electron chi connectivity index (χ0n) is 13.5. The molecule has 24 heavy (non-hydrogen) atoms. The minimum atomic E-state index is -1.01. The van der Waals surface area contributed by atoms with Gasteiger partial charge in [0.1, 0.15) is 11.6 Å². The highest BCUT2D eigenvalue weighted by Gasteiger charge is 2.31. The molecule has 0 atom stereocenters. The molecule has 124 valence electrons. The van der Waals surface area contributed by atoms with Crippen molar-refractivity contribution in [2.45, 2.75) is 19.3 Å². The van der Waals surface area contributed by atoms with Crippen LogP contribution in [0.1, 0.15) is 25.0 Å². The van der Waals surface area contributed by atoms with E-state index in [0.717, 1.165) is 6.07 Å². The van der Waals surface area contributed by atoms with Gasteiger partial charge in [-0.25, -0.2) is 4.39 Å². The number of carbonyl (C=O) groups excluding carboxylic acids is 1. The van der Waals surface area contributed by atoms with Crippen LogP contribution in [0, 0.1) is 17.1 Å². The van der Waals surface area contributed by atoms with Gasteiger partial charge < -0.3 is 10.1 Å². The predicted molar refractivity (Wildman–Crippen MR) is 93.5 cm³/mol. The summed E-state index contributed by atoms with van der Waals surface area (Å²) in [5.74, 6) is -0.206. The lowest BCUT2D eigenvalue weighted by Gasteiger charge is -2.24. The number of halogens is 2. The van der Waals surface area contributed by atoms with E-state index in [4.69, 9.17) is 10.00 Å². The van der Waals surface area contributed by atoms with Gasteiger partial charge in [-0.1, -0.05) is 0 Å². The molecule has 2 aromatic rings. The van der Waals surface area contributed by atoms with E-state index in [-0.39, 0.29) is 11.5 Å². The normalized spacial score (nSPS) is 10.8. The number of carbonyl (C=O) groups is 1. The SMILES string of the molecule is COc1ccc(NC(=O)C(C)(C)c2cc(F)cc(C#N)c2)cc1Br. The lowest BCUT2D eigenvalue weighted by molar-refractivity contribution is -0.120. The van der Waals surface area contributed by atoms with Gasteiger partial charge in [0.05, 0.1) is 28.6 Å². The molecule has 6 heteroatoms. The number of nitrogens with one attached hydrogen (secondary N) is 1. The van der Waals surface area contributed by atoms with Crippen molar-refractivity contribution in [1.82, 2.24) is 0 Å². The van der Waals surface area contributed by atoms with Crippen LogP contribution in [0.2, 0.25) is 0 Å². The molecule has 0 radical (unpaired) electrons. The van der Waals surface area contributed by atoms with E-state index in [0.29, 0.717) is 21.5 Å². The maximum absolute atomic E-state index is 13.7. The molecule has 4 nitrogen and oxygen atoms in total. The quantitative estimate of drug-likeness (QED) is 0.841. The highest BCUT2D eigenvalue weighted by Crippen LogP contribution is 2.30. The second-order valence-corrected chi connectivity index (χ2v) is 6.62. The molecule has 0 fully saturated rings. The summed E-state index contributed by atoms with van der Waals surface area (Å²) < 4.78 is 19.5. The van der Waals surface area contributed by atoms with Crippen molar-refractivity contribution in [3.63, 3.8) is 0 Å². The third-order valence-electron chi connectivity index (χ3n) is 3.73. The number of benzene rings is 2. The van der Waals surface area contributed by atoms with Crippen molar-refractivity contribution in [3.8, 4) is 11.8 Å². The van der Waals surface area contributed by atoms with Gasteiger partial charge in [-0.2, -0.15) is 5.26 Å². The van der Waals surface area contributed by atoms with Gasteiger partial charge >= 0.3 is 0 Å². The molecule has 0 saturated carbocycles. The minimum Gasteiger partial charge on any atom is -0.496 e. The van der Waals surface area contributed by atoms with Crippen LogP contribution in [0.4, 0.5) is 10.1 Å². The Labute approximate surface area is 148 Å². The molecule has 0 aromatic heterocycles. The van der Waals surface area contributed by atoms with Gasteiger partial charge in [0.25, 0.3) is 0 Å². The summed E-state index contributed by atoms with van der Waals surface area (Å²) in [4.78, 5) is 12.6. The first-order chi connectivity index (χ1) is 11.3. The molecule has 0 aliphatic heterocycles. The summed E-state index contributed by atoms with van der Waals surface area (Å²) in [6.07, 6.45) is 0. The third kappa shape index (κ3) is 3.74. The first-order valence-electron chi connectivity index (χ1n) is 7.14. The van der Waals surface area contributed by atoms with E-state index in [1.807, 2.05) is 6.07 Å². The Morgan fingerprint density at radius 3 is 2.58 bits per heavy atom. The van der Waals surface area contributed by atoms with Gasteiger partial charge in [-0.15, -0.1) is 0 Å². The molecule has 1 N–H and O–H groups in total. The number of rotatable bonds is 4. The Balaban J connectivity index is 2.29. The van der Waals surface area contributed by atoms with Crippen LogP contribution < -0.4 is 10.1 Å². The minimum absolute atomic E-state index is 0.179. The van der Waals surface area contributed by atoms with Gasteiger partial charge in [-0.3, -0.25) is 4.79 Å². The predicted octanol–water partition coefficient (Wildman–Crippen LogP) is 4.38. The Morgan fingerprint density at radius 2 is 2.00 bits per heavy atom. The fraction of sp³-hybridized carbons (Fsp3) is 0.222. The first-order valence-corrected chi connectivity index (χ1v) is 7.93. The Hall–Kier alpha value is -2.39. The van der Waals surface area contributed by atoms with Crippen molar-refractivity contribution in [2.24, 2.45) is 0 Å². The van der Waals surface area contributed by atoms with Gasteiger partial charge in [0.2, 0.25) is 5.91 Å². The van der Waals surface area contributed by atoms with Crippen molar-refractivity contribution < 1.29 is 13.9 Å². The van der Waals surface area contributed by atoms with Gasteiger partial charge in [0, 0.05) is 5.69 Å². The third-order valence-corrected chi connectivity index (χ3v) is 4.35. The van der Waals surface area contributed by atoms with E-state index in [1.165, 1.54) is 12.1 Å². The van der Waals surface area contributed by atoms with Crippen molar-refractivity contribution in [2.75, 3.05) is 12.4 Å². The summed E-state index contributed by atoms with van der Waals surface area (Å²) in [5.41, 5.74) is 0.181. The van der Waals surface area contributed by atoms with Crippen LogP contribution >= 0.6 is 15.9 Å². The van der Waals surface area contributed by atoms with E-state index >= 15 is 0 Å². The molecule has 2 aromatic carbocycles. The Morgan fingerprint density at radius 1 is 1.29 bits per heavy atom. The molecule has 0 spiro atoms. The van der Waals surface area contributed by atoms with Crippen LogP contribution in [-0.2, 0) is 10.2 Å². The monoisotopic (exact) mass is 390 g/mol. The summed E-state index contributed by atoms with van der Waals surface area (Å²) in [6.45, 7) is 3.35. The van der Waals surface area contributed by atoms with Crippen LogP contribution in [-0.4, -0.2) is 13.0 Å². The molecule has 0 saturated heterocycles. The molecule has 0 aliphatic carbocycles. The fourth-order valence-electron chi connectivity index (χ4n) is 2.18. The second-order valence-electron chi connectivity index (χ2n) is 5.77. The van der Waals surface area contributed by atoms with Gasteiger partial charge in [0.15, 0.2) is 0 Å². The summed E-state index contributed by atoms with van der Waals surface area (Å²) in [5, 5.41) is 11.8. The zero-order chi connectivity index (χ0) is 17.9. The number of nitriles is 1. The lowest BCUT2D eigenvalue weighted by atomic mass is 9.83. The zero-order valence-corrected chi connectivity index (χ0v) is 15.1. The second kappa shape index (κ2) is 7.02.